The summed E-state index contributed by atoms with van der Waals surface area (Å²) in [4.78, 5) is 16.4. The molecule has 0 spiro atoms. The molecule has 0 aliphatic heterocycles. The van der Waals surface area contributed by atoms with Crippen molar-refractivity contribution in [1.29, 1.82) is 0 Å². The van der Waals surface area contributed by atoms with Gasteiger partial charge in [0.15, 0.2) is 0 Å². The van der Waals surface area contributed by atoms with Crippen molar-refractivity contribution in [3.8, 4) is 5.75 Å². The van der Waals surface area contributed by atoms with Gasteiger partial charge in [-0.1, -0.05) is 30.3 Å². The molecule has 0 radical (unpaired) electrons. The van der Waals surface area contributed by atoms with Crippen molar-refractivity contribution in [2.45, 2.75) is 20.0 Å². The number of imidazole rings is 1. The number of nitrogens with one attached hydrogen (secondary N) is 1. The van der Waals surface area contributed by atoms with E-state index in [1.54, 1.807) is 19.1 Å². The molecule has 0 aliphatic carbocycles. The SMILES string of the molecule is C=C(C)C(=O)NCc1nc2ccccc2n1CCOc1ccc(Cl)cc1. The number of aromatic nitrogens is 2. The van der Waals surface area contributed by atoms with Crippen LogP contribution in [0.5, 0.6) is 5.75 Å². The standard InChI is InChI=1S/C20H20ClN3O2/c1-14(2)20(25)22-13-19-23-17-5-3-4-6-18(17)24(19)11-12-26-16-9-7-15(21)8-10-16/h3-10H,1,11-13H2,2H3,(H,22,25). The Balaban J connectivity index is 1.74. The van der Waals surface area contributed by atoms with Crippen LogP contribution < -0.4 is 10.1 Å². The number of halogens is 1. The summed E-state index contributed by atoms with van der Waals surface area (Å²) in [5.41, 5.74) is 2.36. The zero-order chi connectivity index (χ0) is 18.5. The third-order valence-electron chi connectivity index (χ3n) is 3.93. The van der Waals surface area contributed by atoms with Gasteiger partial charge < -0.3 is 14.6 Å². The fourth-order valence-corrected chi connectivity index (χ4v) is 2.73. The zero-order valence-corrected chi connectivity index (χ0v) is 15.3. The van der Waals surface area contributed by atoms with Gasteiger partial charge in [-0.3, -0.25) is 4.79 Å². The van der Waals surface area contributed by atoms with Crippen LogP contribution in [-0.4, -0.2) is 22.1 Å². The average molecular weight is 370 g/mol. The van der Waals surface area contributed by atoms with E-state index in [1.165, 1.54) is 0 Å². The second-order valence-corrected chi connectivity index (χ2v) is 6.37. The molecule has 1 aromatic heterocycles. The van der Waals surface area contributed by atoms with Crippen LogP contribution >= 0.6 is 11.6 Å². The van der Waals surface area contributed by atoms with Crippen molar-refractivity contribution < 1.29 is 9.53 Å². The topological polar surface area (TPSA) is 56.2 Å². The number of nitrogens with zero attached hydrogens (tertiary/aromatic N) is 2. The molecule has 0 unspecified atom stereocenters. The Kier molecular flexibility index (Phi) is 5.58. The van der Waals surface area contributed by atoms with Gasteiger partial charge in [0.2, 0.25) is 5.91 Å². The summed E-state index contributed by atoms with van der Waals surface area (Å²) in [6.45, 7) is 6.75. The monoisotopic (exact) mass is 369 g/mol. The van der Waals surface area contributed by atoms with Crippen LogP contribution in [0.1, 0.15) is 12.7 Å². The number of carbonyl (C=O) groups is 1. The highest BCUT2D eigenvalue weighted by Gasteiger charge is 2.12. The smallest absolute Gasteiger partial charge is 0.246 e. The molecule has 26 heavy (non-hydrogen) atoms. The minimum Gasteiger partial charge on any atom is -0.492 e. The molecule has 1 heterocycles. The number of para-hydroxylation sites is 2. The summed E-state index contributed by atoms with van der Waals surface area (Å²) in [6.07, 6.45) is 0. The highest BCUT2D eigenvalue weighted by Crippen LogP contribution is 2.18. The molecule has 0 aliphatic rings. The third-order valence-corrected chi connectivity index (χ3v) is 4.18. The fourth-order valence-electron chi connectivity index (χ4n) is 2.61. The predicted molar refractivity (Wildman–Crippen MR) is 103 cm³/mol. The Morgan fingerprint density at radius 2 is 1.96 bits per heavy atom. The number of hydrogen-bond acceptors (Lipinski definition) is 3. The molecular formula is C20H20ClN3O2. The van der Waals surface area contributed by atoms with E-state index in [0.717, 1.165) is 22.6 Å². The maximum absolute atomic E-state index is 11.8. The summed E-state index contributed by atoms with van der Waals surface area (Å²) in [5, 5.41) is 3.51. The quantitative estimate of drug-likeness (QED) is 0.641. The number of hydrogen-bond donors (Lipinski definition) is 1. The van der Waals surface area contributed by atoms with E-state index in [0.29, 0.717) is 30.3 Å². The molecule has 1 amide bonds. The number of carbonyl (C=O) groups excluding carboxylic acids is 1. The molecule has 0 saturated carbocycles. The summed E-state index contributed by atoms with van der Waals surface area (Å²) in [7, 11) is 0. The maximum Gasteiger partial charge on any atom is 0.246 e. The van der Waals surface area contributed by atoms with Gasteiger partial charge in [-0.15, -0.1) is 0 Å². The largest absolute Gasteiger partial charge is 0.492 e. The summed E-state index contributed by atoms with van der Waals surface area (Å²) < 4.78 is 7.85. The summed E-state index contributed by atoms with van der Waals surface area (Å²) in [6, 6.07) is 15.1. The van der Waals surface area contributed by atoms with Crippen LogP contribution in [0.2, 0.25) is 5.02 Å². The van der Waals surface area contributed by atoms with E-state index in [-0.39, 0.29) is 5.91 Å². The second-order valence-electron chi connectivity index (χ2n) is 5.93. The van der Waals surface area contributed by atoms with Gasteiger partial charge >= 0.3 is 0 Å². The van der Waals surface area contributed by atoms with Gasteiger partial charge in [0.25, 0.3) is 0 Å². The summed E-state index contributed by atoms with van der Waals surface area (Å²) in [5.74, 6) is 1.36. The van der Waals surface area contributed by atoms with Gasteiger partial charge in [-0.2, -0.15) is 0 Å². The van der Waals surface area contributed by atoms with Crippen molar-refractivity contribution in [3.05, 3.63) is 71.5 Å². The molecule has 2 aromatic carbocycles. The molecule has 0 bridgehead atoms. The lowest BCUT2D eigenvalue weighted by atomic mass is 10.3. The molecule has 0 saturated heterocycles. The zero-order valence-electron chi connectivity index (χ0n) is 14.5. The number of fused-ring (bicyclic) bond motifs is 1. The number of benzene rings is 2. The molecule has 0 fully saturated rings. The molecule has 3 rings (SSSR count). The summed E-state index contributed by atoms with van der Waals surface area (Å²) >= 11 is 5.89. The molecule has 3 aromatic rings. The maximum atomic E-state index is 11.8. The van der Waals surface area contributed by atoms with Crippen molar-refractivity contribution in [1.82, 2.24) is 14.9 Å². The normalized spacial score (nSPS) is 10.7. The minimum absolute atomic E-state index is 0.180. The molecule has 1 N–H and O–H groups in total. The van der Waals surface area contributed by atoms with Crippen LogP contribution in [0.15, 0.2) is 60.7 Å². The average Bonchev–Trinajstić information content (AvgIpc) is 2.99. The Hall–Kier alpha value is -2.79. The third kappa shape index (κ3) is 4.24. The Labute approximate surface area is 157 Å². The number of ether oxygens (including phenoxy) is 1. The lowest BCUT2D eigenvalue weighted by Crippen LogP contribution is -2.25. The van der Waals surface area contributed by atoms with Gasteiger partial charge in [-0.25, -0.2) is 4.98 Å². The fraction of sp³-hybridized carbons (Fsp3) is 0.200. The lowest BCUT2D eigenvalue weighted by Gasteiger charge is -2.11. The van der Waals surface area contributed by atoms with Gasteiger partial charge in [0.05, 0.1) is 24.1 Å². The first-order chi connectivity index (χ1) is 12.5. The molecule has 5 nitrogen and oxygen atoms in total. The highest BCUT2D eigenvalue weighted by molar-refractivity contribution is 6.30. The van der Waals surface area contributed by atoms with Crippen molar-refractivity contribution >= 4 is 28.5 Å². The van der Waals surface area contributed by atoms with Crippen LogP contribution in [0, 0.1) is 0 Å². The van der Waals surface area contributed by atoms with Gasteiger partial charge in [0.1, 0.15) is 18.2 Å². The van der Waals surface area contributed by atoms with E-state index >= 15 is 0 Å². The second kappa shape index (κ2) is 8.06. The van der Waals surface area contributed by atoms with Crippen LogP contribution in [0.4, 0.5) is 0 Å². The first-order valence-corrected chi connectivity index (χ1v) is 8.68. The van der Waals surface area contributed by atoms with Gasteiger partial charge in [0, 0.05) is 10.6 Å². The molecular weight excluding hydrogens is 350 g/mol. The van der Waals surface area contributed by atoms with Crippen molar-refractivity contribution in [2.24, 2.45) is 0 Å². The predicted octanol–water partition coefficient (Wildman–Crippen LogP) is 3.96. The Bertz CT molecular complexity index is 932. The number of amides is 1. The first kappa shape index (κ1) is 18.0. The van der Waals surface area contributed by atoms with E-state index < -0.39 is 0 Å². The number of rotatable bonds is 7. The molecule has 6 heteroatoms. The van der Waals surface area contributed by atoms with Crippen LogP contribution in [0.3, 0.4) is 0 Å². The lowest BCUT2D eigenvalue weighted by molar-refractivity contribution is -0.117. The highest BCUT2D eigenvalue weighted by atomic mass is 35.5. The van der Waals surface area contributed by atoms with E-state index in [2.05, 4.69) is 21.4 Å². The van der Waals surface area contributed by atoms with Crippen molar-refractivity contribution in [2.75, 3.05) is 6.61 Å². The molecule has 0 atom stereocenters. The van der Waals surface area contributed by atoms with E-state index in [4.69, 9.17) is 16.3 Å². The Morgan fingerprint density at radius 1 is 1.23 bits per heavy atom. The first-order valence-electron chi connectivity index (χ1n) is 8.31. The minimum atomic E-state index is -0.180. The van der Waals surface area contributed by atoms with E-state index in [1.807, 2.05) is 36.4 Å². The van der Waals surface area contributed by atoms with Crippen LogP contribution in [-0.2, 0) is 17.9 Å². The Morgan fingerprint density at radius 3 is 2.69 bits per heavy atom. The van der Waals surface area contributed by atoms with Crippen molar-refractivity contribution in [3.63, 3.8) is 0 Å². The van der Waals surface area contributed by atoms with Crippen LogP contribution in [0.25, 0.3) is 11.0 Å². The molecule has 134 valence electrons. The van der Waals surface area contributed by atoms with E-state index in [9.17, 15) is 4.79 Å². The van der Waals surface area contributed by atoms with Gasteiger partial charge in [-0.05, 0) is 43.3 Å².